The molecule has 0 aliphatic rings. The zero-order valence-corrected chi connectivity index (χ0v) is 17.1. The van der Waals surface area contributed by atoms with Crippen LogP contribution in [0.15, 0.2) is 71.6 Å². The second-order valence-electron chi connectivity index (χ2n) is 6.03. The predicted molar refractivity (Wildman–Crippen MR) is 113 cm³/mol. The molecule has 0 unspecified atom stereocenters. The predicted octanol–water partition coefficient (Wildman–Crippen LogP) is 5.35. The fraction of sp³-hybridized carbons (Fsp3) is 0.0500. The Balaban J connectivity index is 1.85. The van der Waals surface area contributed by atoms with E-state index in [1.807, 2.05) is 6.92 Å². The van der Waals surface area contributed by atoms with Gasteiger partial charge in [-0.15, -0.1) is 0 Å². The van der Waals surface area contributed by atoms with E-state index in [9.17, 15) is 13.2 Å². The van der Waals surface area contributed by atoms with Gasteiger partial charge in [-0.25, -0.2) is 8.42 Å². The molecule has 0 saturated carbocycles. The van der Waals surface area contributed by atoms with Gasteiger partial charge in [-0.1, -0.05) is 41.4 Å². The first-order valence-electron chi connectivity index (χ1n) is 8.21. The molecule has 144 valence electrons. The van der Waals surface area contributed by atoms with Gasteiger partial charge in [0.2, 0.25) is 0 Å². The number of nitrogens with one attached hydrogen (secondary N) is 2. The van der Waals surface area contributed by atoms with Crippen molar-refractivity contribution in [3.63, 3.8) is 0 Å². The van der Waals surface area contributed by atoms with Crippen LogP contribution in [0, 0.1) is 6.92 Å². The quantitative estimate of drug-likeness (QED) is 0.567. The normalized spacial score (nSPS) is 11.1. The summed E-state index contributed by atoms with van der Waals surface area (Å²) in [5, 5.41) is 3.60. The van der Waals surface area contributed by atoms with E-state index >= 15 is 0 Å². The van der Waals surface area contributed by atoms with E-state index in [0.717, 1.165) is 5.56 Å². The first kappa shape index (κ1) is 20.2. The highest BCUT2D eigenvalue weighted by Crippen LogP contribution is 2.25. The van der Waals surface area contributed by atoms with Crippen LogP contribution in [0.25, 0.3) is 0 Å². The van der Waals surface area contributed by atoms with Gasteiger partial charge in [0.05, 0.1) is 15.6 Å². The van der Waals surface area contributed by atoms with Crippen molar-refractivity contribution in [3.8, 4) is 0 Å². The third-order valence-electron chi connectivity index (χ3n) is 3.96. The Bertz CT molecular complexity index is 1150. The number of rotatable bonds is 5. The second-order valence-corrected chi connectivity index (χ2v) is 8.55. The van der Waals surface area contributed by atoms with Gasteiger partial charge in [0.25, 0.3) is 15.9 Å². The minimum Gasteiger partial charge on any atom is -0.322 e. The molecule has 0 bridgehead atoms. The van der Waals surface area contributed by atoms with Crippen molar-refractivity contribution < 1.29 is 13.2 Å². The zero-order valence-electron chi connectivity index (χ0n) is 14.7. The van der Waals surface area contributed by atoms with Gasteiger partial charge in [-0.2, -0.15) is 0 Å². The lowest BCUT2D eigenvalue weighted by atomic mass is 10.1. The van der Waals surface area contributed by atoms with Gasteiger partial charge in [0.1, 0.15) is 0 Å². The lowest BCUT2D eigenvalue weighted by Crippen LogP contribution is -2.16. The van der Waals surface area contributed by atoms with Crippen molar-refractivity contribution in [1.82, 2.24) is 0 Å². The number of aryl methyl sites for hydroxylation is 1. The lowest BCUT2D eigenvalue weighted by molar-refractivity contribution is 0.102. The molecule has 8 heteroatoms. The molecule has 0 saturated heterocycles. The molecule has 1 amide bonds. The van der Waals surface area contributed by atoms with Crippen LogP contribution in [-0.4, -0.2) is 14.3 Å². The summed E-state index contributed by atoms with van der Waals surface area (Å²) >= 11 is 11.9. The average Bonchev–Trinajstić information content (AvgIpc) is 2.66. The fourth-order valence-corrected chi connectivity index (χ4v) is 4.10. The maximum Gasteiger partial charge on any atom is 0.261 e. The molecular formula is C20H16Cl2N2O3S. The first-order chi connectivity index (χ1) is 13.3. The van der Waals surface area contributed by atoms with Gasteiger partial charge in [0.15, 0.2) is 0 Å². The number of benzene rings is 3. The highest BCUT2D eigenvalue weighted by atomic mass is 35.5. The standard InChI is InChI=1S/C20H16Cl2N2O3S/c1-13-11-15(21)9-10-18(13)23-20(25)14-5-4-6-16(12-14)28(26,27)24-19-8-3-2-7-17(19)22/h2-12,24H,1H3,(H,23,25). The molecule has 3 aromatic carbocycles. The van der Waals surface area contributed by atoms with Crippen molar-refractivity contribution in [2.24, 2.45) is 0 Å². The first-order valence-corrected chi connectivity index (χ1v) is 10.4. The third-order valence-corrected chi connectivity index (χ3v) is 5.89. The molecule has 5 nitrogen and oxygen atoms in total. The van der Waals surface area contributed by atoms with Crippen molar-refractivity contribution in [1.29, 1.82) is 0 Å². The third kappa shape index (κ3) is 4.65. The second kappa shape index (κ2) is 8.22. The summed E-state index contributed by atoms with van der Waals surface area (Å²) in [5.41, 5.74) is 1.86. The summed E-state index contributed by atoms with van der Waals surface area (Å²) in [4.78, 5) is 12.5. The summed E-state index contributed by atoms with van der Waals surface area (Å²) in [6.45, 7) is 1.82. The number of carbonyl (C=O) groups excluding carboxylic acids is 1. The monoisotopic (exact) mass is 434 g/mol. The maximum absolute atomic E-state index is 12.7. The number of anilines is 2. The highest BCUT2D eigenvalue weighted by molar-refractivity contribution is 7.92. The SMILES string of the molecule is Cc1cc(Cl)ccc1NC(=O)c1cccc(S(=O)(=O)Nc2ccccc2Cl)c1. The smallest absolute Gasteiger partial charge is 0.261 e. The number of para-hydroxylation sites is 1. The number of amides is 1. The zero-order chi connectivity index (χ0) is 20.3. The summed E-state index contributed by atoms with van der Waals surface area (Å²) in [6, 6.07) is 17.3. The van der Waals surface area contributed by atoms with Crippen LogP contribution < -0.4 is 10.0 Å². The van der Waals surface area contributed by atoms with E-state index in [2.05, 4.69) is 10.0 Å². The van der Waals surface area contributed by atoms with Gasteiger partial charge < -0.3 is 5.32 Å². The van der Waals surface area contributed by atoms with E-state index in [4.69, 9.17) is 23.2 Å². The van der Waals surface area contributed by atoms with Gasteiger partial charge in [0, 0.05) is 16.3 Å². The summed E-state index contributed by atoms with van der Waals surface area (Å²) in [7, 11) is -3.91. The van der Waals surface area contributed by atoms with E-state index < -0.39 is 15.9 Å². The Hall–Kier alpha value is -2.54. The van der Waals surface area contributed by atoms with Crippen molar-refractivity contribution in [2.75, 3.05) is 10.0 Å². The van der Waals surface area contributed by atoms with Crippen LogP contribution in [-0.2, 0) is 10.0 Å². The minimum absolute atomic E-state index is 0.0482. The molecular weight excluding hydrogens is 419 g/mol. The summed E-state index contributed by atoms with van der Waals surface area (Å²) in [6.07, 6.45) is 0. The van der Waals surface area contributed by atoms with Gasteiger partial charge in [-0.05, 0) is 61.0 Å². The fourth-order valence-electron chi connectivity index (χ4n) is 2.51. The molecule has 0 fully saturated rings. The Morgan fingerprint density at radius 2 is 1.64 bits per heavy atom. The largest absolute Gasteiger partial charge is 0.322 e. The minimum atomic E-state index is -3.91. The molecule has 0 aliphatic carbocycles. The molecule has 28 heavy (non-hydrogen) atoms. The Morgan fingerprint density at radius 1 is 0.893 bits per heavy atom. The summed E-state index contributed by atoms with van der Waals surface area (Å²) in [5.74, 6) is -0.430. The highest BCUT2D eigenvalue weighted by Gasteiger charge is 2.18. The van der Waals surface area contributed by atoms with Crippen LogP contribution in [0.1, 0.15) is 15.9 Å². The molecule has 3 aromatic rings. The van der Waals surface area contributed by atoms with Crippen LogP contribution in [0.4, 0.5) is 11.4 Å². The van der Waals surface area contributed by atoms with Crippen LogP contribution in [0.5, 0.6) is 0 Å². The van der Waals surface area contributed by atoms with Crippen LogP contribution >= 0.6 is 23.2 Å². The number of halogens is 2. The molecule has 0 spiro atoms. The molecule has 0 radical (unpaired) electrons. The number of hydrogen-bond acceptors (Lipinski definition) is 3. The van der Waals surface area contributed by atoms with E-state index in [1.165, 1.54) is 24.3 Å². The van der Waals surface area contributed by atoms with Crippen molar-refractivity contribution >= 4 is 50.5 Å². The van der Waals surface area contributed by atoms with E-state index in [0.29, 0.717) is 10.7 Å². The maximum atomic E-state index is 12.7. The Morgan fingerprint density at radius 3 is 2.36 bits per heavy atom. The van der Waals surface area contributed by atoms with Crippen LogP contribution in [0.2, 0.25) is 10.0 Å². The molecule has 0 heterocycles. The van der Waals surface area contributed by atoms with Crippen LogP contribution in [0.3, 0.4) is 0 Å². The molecule has 0 aromatic heterocycles. The lowest BCUT2D eigenvalue weighted by Gasteiger charge is -2.12. The molecule has 2 N–H and O–H groups in total. The number of carbonyl (C=O) groups is 1. The average molecular weight is 435 g/mol. The van der Waals surface area contributed by atoms with Gasteiger partial charge in [-0.3, -0.25) is 9.52 Å². The molecule has 3 rings (SSSR count). The van der Waals surface area contributed by atoms with Gasteiger partial charge >= 0.3 is 0 Å². The molecule has 0 atom stereocenters. The Labute approximate surface area is 173 Å². The topological polar surface area (TPSA) is 75.3 Å². The summed E-state index contributed by atoms with van der Waals surface area (Å²) < 4.78 is 27.8. The van der Waals surface area contributed by atoms with E-state index in [1.54, 1.807) is 42.5 Å². The molecule has 0 aliphatic heterocycles. The van der Waals surface area contributed by atoms with Crippen molar-refractivity contribution in [2.45, 2.75) is 11.8 Å². The van der Waals surface area contributed by atoms with E-state index in [-0.39, 0.29) is 21.2 Å². The number of hydrogen-bond donors (Lipinski definition) is 2. The Kier molecular flexibility index (Phi) is 5.93. The van der Waals surface area contributed by atoms with Crippen molar-refractivity contribution in [3.05, 3.63) is 87.9 Å². The number of sulfonamides is 1.